The summed E-state index contributed by atoms with van der Waals surface area (Å²) in [6.07, 6.45) is 3.86. The fraction of sp³-hybridized carbons (Fsp3) is 0.619. The minimum absolute atomic E-state index is 0.0263. The van der Waals surface area contributed by atoms with Crippen molar-refractivity contribution in [1.82, 2.24) is 19.2 Å². The summed E-state index contributed by atoms with van der Waals surface area (Å²) in [5, 5.41) is 2.93. The van der Waals surface area contributed by atoms with Gasteiger partial charge in [-0.05, 0) is 31.0 Å². The Kier molecular flexibility index (Phi) is 8.64. The molecule has 1 heterocycles. The van der Waals surface area contributed by atoms with E-state index in [1.165, 1.54) is 4.31 Å². The maximum atomic E-state index is 12.8. The molecule has 0 spiro atoms. The summed E-state index contributed by atoms with van der Waals surface area (Å²) in [5.74, 6) is 0.850. The third-order valence-corrected chi connectivity index (χ3v) is 7.06. The standard InChI is InChI=1S/C21H34N4O3S/c1-5-9-14-22-21(26)13-12-20-23-18-16-17(29(27,28)24(7-3)8-4)10-11-19(18)25(20)15-6-2/h10-11,16H,5-9,12-15H2,1-4H3,(H,22,26). The lowest BCUT2D eigenvalue weighted by Crippen LogP contribution is -2.30. The lowest BCUT2D eigenvalue weighted by atomic mass is 10.2. The van der Waals surface area contributed by atoms with Crippen LogP contribution in [-0.2, 0) is 27.8 Å². The molecule has 1 amide bonds. The van der Waals surface area contributed by atoms with Crippen LogP contribution in [0.25, 0.3) is 11.0 Å². The summed E-state index contributed by atoms with van der Waals surface area (Å²) in [6, 6.07) is 5.14. The van der Waals surface area contributed by atoms with Crippen molar-refractivity contribution in [2.75, 3.05) is 19.6 Å². The van der Waals surface area contributed by atoms with Gasteiger partial charge in [-0.25, -0.2) is 13.4 Å². The van der Waals surface area contributed by atoms with Crippen molar-refractivity contribution in [2.24, 2.45) is 0 Å². The van der Waals surface area contributed by atoms with Gasteiger partial charge in [-0.2, -0.15) is 4.31 Å². The number of sulfonamides is 1. The Morgan fingerprint density at radius 3 is 2.48 bits per heavy atom. The molecule has 0 aliphatic heterocycles. The van der Waals surface area contributed by atoms with Crippen LogP contribution in [0.15, 0.2) is 23.1 Å². The van der Waals surface area contributed by atoms with Crippen LogP contribution in [-0.4, -0.2) is 47.8 Å². The highest BCUT2D eigenvalue weighted by Crippen LogP contribution is 2.24. The Morgan fingerprint density at radius 1 is 1.14 bits per heavy atom. The van der Waals surface area contributed by atoms with Gasteiger partial charge in [-0.3, -0.25) is 4.79 Å². The summed E-state index contributed by atoms with van der Waals surface area (Å²) < 4.78 is 29.2. The first-order valence-corrected chi connectivity index (χ1v) is 12.1. The lowest BCUT2D eigenvalue weighted by molar-refractivity contribution is -0.121. The average molecular weight is 423 g/mol. The van der Waals surface area contributed by atoms with Gasteiger partial charge in [0, 0.05) is 39.0 Å². The summed E-state index contributed by atoms with van der Waals surface area (Å²) >= 11 is 0. The summed E-state index contributed by atoms with van der Waals surface area (Å²) in [4.78, 5) is 17.0. The van der Waals surface area contributed by atoms with Gasteiger partial charge < -0.3 is 9.88 Å². The average Bonchev–Trinajstić information content (AvgIpc) is 3.04. The summed E-state index contributed by atoms with van der Waals surface area (Å²) in [6.45, 7) is 10.2. The quantitative estimate of drug-likeness (QED) is 0.532. The smallest absolute Gasteiger partial charge is 0.243 e. The van der Waals surface area contributed by atoms with Crippen LogP contribution in [0.5, 0.6) is 0 Å². The third-order valence-electron chi connectivity index (χ3n) is 5.02. The van der Waals surface area contributed by atoms with E-state index in [2.05, 4.69) is 28.7 Å². The maximum absolute atomic E-state index is 12.8. The number of imidazole rings is 1. The van der Waals surface area contributed by atoms with Gasteiger partial charge in [-0.1, -0.05) is 34.1 Å². The molecule has 7 nitrogen and oxygen atoms in total. The van der Waals surface area contributed by atoms with E-state index in [0.29, 0.717) is 38.0 Å². The maximum Gasteiger partial charge on any atom is 0.243 e. The third kappa shape index (κ3) is 5.57. The van der Waals surface area contributed by atoms with Crippen molar-refractivity contribution >= 4 is 27.0 Å². The molecule has 0 unspecified atom stereocenters. The number of benzene rings is 1. The normalized spacial score (nSPS) is 12.0. The van der Waals surface area contributed by atoms with Crippen LogP contribution in [0, 0.1) is 0 Å². The van der Waals surface area contributed by atoms with Crippen molar-refractivity contribution in [3.8, 4) is 0 Å². The molecule has 0 atom stereocenters. The molecule has 2 aromatic rings. The Bertz CT molecular complexity index is 917. The van der Waals surface area contributed by atoms with Crippen molar-refractivity contribution in [3.05, 3.63) is 24.0 Å². The molecular weight excluding hydrogens is 388 g/mol. The topological polar surface area (TPSA) is 84.3 Å². The van der Waals surface area contributed by atoms with Gasteiger partial charge >= 0.3 is 0 Å². The largest absolute Gasteiger partial charge is 0.356 e. The number of carbonyl (C=O) groups excluding carboxylic acids is 1. The van der Waals surface area contributed by atoms with E-state index in [4.69, 9.17) is 0 Å². The zero-order chi connectivity index (χ0) is 21.4. The number of aryl methyl sites for hydroxylation is 2. The fourth-order valence-electron chi connectivity index (χ4n) is 3.41. The number of rotatable bonds is 12. The molecule has 0 saturated heterocycles. The molecule has 0 fully saturated rings. The van der Waals surface area contributed by atoms with E-state index < -0.39 is 10.0 Å². The first-order valence-electron chi connectivity index (χ1n) is 10.6. The van der Waals surface area contributed by atoms with Crippen LogP contribution >= 0.6 is 0 Å². The van der Waals surface area contributed by atoms with Gasteiger partial charge in [0.2, 0.25) is 15.9 Å². The number of hydrogen-bond acceptors (Lipinski definition) is 4. The molecule has 2 rings (SSSR count). The van der Waals surface area contributed by atoms with Crippen LogP contribution in [0.4, 0.5) is 0 Å². The Hall–Kier alpha value is -1.93. The molecule has 1 aromatic carbocycles. The van der Waals surface area contributed by atoms with Gasteiger partial charge in [0.05, 0.1) is 15.9 Å². The fourth-order valence-corrected chi connectivity index (χ4v) is 4.89. The van der Waals surface area contributed by atoms with E-state index in [1.54, 1.807) is 12.1 Å². The van der Waals surface area contributed by atoms with Gasteiger partial charge in [-0.15, -0.1) is 0 Å². The zero-order valence-electron chi connectivity index (χ0n) is 18.1. The second kappa shape index (κ2) is 10.7. The van der Waals surface area contributed by atoms with E-state index in [0.717, 1.165) is 37.1 Å². The van der Waals surface area contributed by atoms with Crippen LogP contribution < -0.4 is 5.32 Å². The molecule has 8 heteroatoms. The molecule has 0 aliphatic rings. The number of nitrogens with one attached hydrogen (secondary N) is 1. The predicted molar refractivity (Wildman–Crippen MR) is 116 cm³/mol. The highest BCUT2D eigenvalue weighted by Gasteiger charge is 2.23. The van der Waals surface area contributed by atoms with E-state index >= 15 is 0 Å². The molecule has 1 aromatic heterocycles. The van der Waals surface area contributed by atoms with Gasteiger partial charge in [0.25, 0.3) is 0 Å². The molecule has 0 saturated carbocycles. The second-order valence-electron chi connectivity index (χ2n) is 7.12. The molecule has 0 bridgehead atoms. The molecule has 162 valence electrons. The number of nitrogens with zero attached hydrogens (tertiary/aromatic N) is 3. The lowest BCUT2D eigenvalue weighted by Gasteiger charge is -2.18. The molecule has 1 N–H and O–H groups in total. The number of fused-ring (bicyclic) bond motifs is 1. The number of amides is 1. The summed E-state index contributed by atoms with van der Waals surface area (Å²) in [7, 11) is -3.53. The number of unbranched alkanes of at least 4 members (excludes halogenated alkanes) is 1. The predicted octanol–water partition coefficient (Wildman–Crippen LogP) is 3.33. The number of carbonyl (C=O) groups is 1. The molecule has 0 radical (unpaired) electrons. The summed E-state index contributed by atoms with van der Waals surface area (Å²) in [5.41, 5.74) is 1.57. The van der Waals surface area contributed by atoms with Crippen molar-refractivity contribution < 1.29 is 13.2 Å². The first-order chi connectivity index (χ1) is 13.9. The Labute approximate surface area is 174 Å². The van der Waals surface area contributed by atoms with E-state index in [1.807, 2.05) is 19.9 Å². The highest BCUT2D eigenvalue weighted by atomic mass is 32.2. The van der Waals surface area contributed by atoms with Gasteiger partial charge in [0.15, 0.2) is 0 Å². The molecule has 0 aliphatic carbocycles. The minimum atomic E-state index is -3.53. The van der Waals surface area contributed by atoms with E-state index in [9.17, 15) is 13.2 Å². The molecular formula is C21H34N4O3S. The minimum Gasteiger partial charge on any atom is -0.356 e. The SMILES string of the molecule is CCCCNC(=O)CCc1nc2cc(S(=O)(=O)N(CC)CC)ccc2n1CCC. The van der Waals surface area contributed by atoms with Crippen LogP contribution in [0.3, 0.4) is 0 Å². The number of hydrogen-bond donors (Lipinski definition) is 1. The van der Waals surface area contributed by atoms with Crippen molar-refractivity contribution in [2.45, 2.75) is 71.2 Å². The Balaban J connectivity index is 2.30. The monoisotopic (exact) mass is 422 g/mol. The second-order valence-corrected chi connectivity index (χ2v) is 9.06. The van der Waals surface area contributed by atoms with Crippen molar-refractivity contribution in [3.63, 3.8) is 0 Å². The highest BCUT2D eigenvalue weighted by molar-refractivity contribution is 7.89. The zero-order valence-corrected chi connectivity index (χ0v) is 18.9. The number of aromatic nitrogens is 2. The van der Waals surface area contributed by atoms with Crippen molar-refractivity contribution in [1.29, 1.82) is 0 Å². The van der Waals surface area contributed by atoms with Crippen LogP contribution in [0.2, 0.25) is 0 Å². The molecule has 29 heavy (non-hydrogen) atoms. The first kappa shape index (κ1) is 23.3. The Morgan fingerprint density at radius 2 is 1.86 bits per heavy atom. The van der Waals surface area contributed by atoms with E-state index in [-0.39, 0.29) is 10.8 Å². The van der Waals surface area contributed by atoms with Gasteiger partial charge in [0.1, 0.15) is 5.82 Å². The van der Waals surface area contributed by atoms with Crippen LogP contribution in [0.1, 0.15) is 59.2 Å².